The van der Waals surface area contributed by atoms with Crippen LogP contribution in [0.1, 0.15) is 6.92 Å². The number of carbonyl (C=O) groups is 1. The number of nitrogens with one attached hydrogen (secondary N) is 1. The summed E-state index contributed by atoms with van der Waals surface area (Å²) < 4.78 is 5.19. The molecule has 0 bridgehead atoms. The smallest absolute Gasteiger partial charge is 0.241 e. The molecule has 25 heavy (non-hydrogen) atoms. The van der Waals surface area contributed by atoms with Crippen LogP contribution < -0.4 is 15.0 Å². The quantitative estimate of drug-likeness (QED) is 0.905. The minimum absolute atomic E-state index is 0.000427. The van der Waals surface area contributed by atoms with E-state index in [9.17, 15) is 4.79 Å². The molecule has 0 spiro atoms. The van der Waals surface area contributed by atoms with Crippen molar-refractivity contribution in [2.75, 3.05) is 43.5 Å². The summed E-state index contributed by atoms with van der Waals surface area (Å²) in [4.78, 5) is 21.4. The first kappa shape index (κ1) is 17.2. The zero-order valence-corrected chi connectivity index (χ0v) is 14.7. The molecule has 0 aliphatic carbocycles. The maximum Gasteiger partial charge on any atom is 0.241 e. The van der Waals surface area contributed by atoms with E-state index in [2.05, 4.69) is 20.1 Å². The van der Waals surface area contributed by atoms with Crippen LogP contribution in [0.15, 0.2) is 48.7 Å². The van der Waals surface area contributed by atoms with Crippen molar-refractivity contribution in [3.05, 3.63) is 48.7 Å². The van der Waals surface area contributed by atoms with Crippen molar-refractivity contribution in [1.82, 2.24) is 9.88 Å². The molecule has 6 nitrogen and oxygen atoms in total. The van der Waals surface area contributed by atoms with Gasteiger partial charge in [0.25, 0.3) is 0 Å². The van der Waals surface area contributed by atoms with Crippen LogP contribution in [0.2, 0.25) is 0 Å². The maximum absolute atomic E-state index is 12.5. The van der Waals surface area contributed by atoms with Crippen LogP contribution in [0.4, 0.5) is 11.5 Å². The molecule has 1 aromatic heterocycles. The van der Waals surface area contributed by atoms with Crippen molar-refractivity contribution in [2.24, 2.45) is 0 Å². The summed E-state index contributed by atoms with van der Waals surface area (Å²) >= 11 is 0. The van der Waals surface area contributed by atoms with Crippen molar-refractivity contribution < 1.29 is 9.53 Å². The molecule has 3 rings (SSSR count). The molecule has 0 unspecified atom stereocenters. The van der Waals surface area contributed by atoms with Crippen LogP contribution >= 0.6 is 0 Å². The van der Waals surface area contributed by atoms with Crippen molar-refractivity contribution in [3.63, 3.8) is 0 Å². The Morgan fingerprint density at radius 3 is 2.64 bits per heavy atom. The van der Waals surface area contributed by atoms with Gasteiger partial charge in [0.1, 0.15) is 11.6 Å². The van der Waals surface area contributed by atoms with Gasteiger partial charge in [-0.3, -0.25) is 9.69 Å². The minimum atomic E-state index is -0.183. The molecule has 0 saturated carbocycles. The van der Waals surface area contributed by atoms with Crippen LogP contribution in [0.3, 0.4) is 0 Å². The standard InChI is InChI=1S/C19H24N4O2/c1-15(19(24)21-16-6-5-7-17(14-16)25-2)22-10-12-23(13-11-22)18-8-3-4-9-20-18/h3-9,14-15H,10-13H2,1-2H3,(H,21,24)/t15-/m1/s1. The van der Waals surface area contributed by atoms with E-state index >= 15 is 0 Å². The van der Waals surface area contributed by atoms with Gasteiger partial charge in [-0.2, -0.15) is 0 Å². The Labute approximate surface area is 148 Å². The number of piperazine rings is 1. The van der Waals surface area contributed by atoms with Crippen LogP contribution in [-0.4, -0.2) is 55.1 Å². The molecule has 1 amide bonds. The molecule has 1 N–H and O–H groups in total. The van der Waals surface area contributed by atoms with Crippen molar-refractivity contribution in [2.45, 2.75) is 13.0 Å². The molecule has 2 aromatic rings. The highest BCUT2D eigenvalue weighted by molar-refractivity contribution is 5.94. The Hall–Kier alpha value is -2.60. The number of ether oxygens (including phenoxy) is 1. The van der Waals surface area contributed by atoms with E-state index < -0.39 is 0 Å². The van der Waals surface area contributed by atoms with Gasteiger partial charge in [-0.05, 0) is 31.2 Å². The molecule has 1 fully saturated rings. The minimum Gasteiger partial charge on any atom is -0.497 e. The summed E-state index contributed by atoms with van der Waals surface area (Å²) in [6.07, 6.45) is 1.81. The van der Waals surface area contributed by atoms with E-state index in [0.717, 1.165) is 43.4 Å². The van der Waals surface area contributed by atoms with Gasteiger partial charge >= 0.3 is 0 Å². The van der Waals surface area contributed by atoms with E-state index in [1.807, 2.05) is 55.6 Å². The van der Waals surface area contributed by atoms with E-state index in [0.29, 0.717) is 0 Å². The van der Waals surface area contributed by atoms with E-state index in [1.54, 1.807) is 7.11 Å². The van der Waals surface area contributed by atoms with Crippen LogP contribution in [0, 0.1) is 0 Å². The average Bonchev–Trinajstić information content (AvgIpc) is 2.68. The lowest BCUT2D eigenvalue weighted by atomic mass is 10.2. The number of rotatable bonds is 5. The first-order valence-corrected chi connectivity index (χ1v) is 8.52. The number of benzene rings is 1. The second-order valence-corrected chi connectivity index (χ2v) is 6.11. The molecule has 1 saturated heterocycles. The molecule has 1 aromatic carbocycles. The molecule has 132 valence electrons. The van der Waals surface area contributed by atoms with Gasteiger partial charge in [-0.25, -0.2) is 4.98 Å². The SMILES string of the molecule is COc1cccc(NC(=O)[C@@H](C)N2CCN(c3ccccn3)CC2)c1. The lowest BCUT2D eigenvalue weighted by Gasteiger charge is -2.37. The number of methoxy groups -OCH3 is 1. The molecular formula is C19H24N4O2. The van der Waals surface area contributed by atoms with Gasteiger partial charge in [0.05, 0.1) is 13.2 Å². The van der Waals surface area contributed by atoms with Crippen LogP contribution in [0.25, 0.3) is 0 Å². The zero-order valence-electron chi connectivity index (χ0n) is 14.7. The lowest BCUT2D eigenvalue weighted by Crippen LogP contribution is -2.53. The summed E-state index contributed by atoms with van der Waals surface area (Å²) in [6.45, 7) is 5.36. The van der Waals surface area contributed by atoms with E-state index in [4.69, 9.17) is 4.74 Å². The number of amides is 1. The predicted octanol–water partition coefficient (Wildman–Crippen LogP) is 2.24. The average molecular weight is 340 g/mol. The Morgan fingerprint density at radius 1 is 1.16 bits per heavy atom. The Bertz CT molecular complexity index is 700. The highest BCUT2D eigenvalue weighted by Gasteiger charge is 2.26. The second-order valence-electron chi connectivity index (χ2n) is 6.11. The van der Waals surface area contributed by atoms with Crippen LogP contribution in [0.5, 0.6) is 5.75 Å². The van der Waals surface area contributed by atoms with Gasteiger partial charge in [0, 0.05) is 44.1 Å². The molecular weight excluding hydrogens is 316 g/mol. The van der Waals surface area contributed by atoms with E-state index in [-0.39, 0.29) is 11.9 Å². The molecule has 6 heteroatoms. The normalized spacial score (nSPS) is 16.3. The Kier molecular flexibility index (Phi) is 5.50. The maximum atomic E-state index is 12.5. The highest BCUT2D eigenvalue weighted by Crippen LogP contribution is 2.18. The van der Waals surface area contributed by atoms with Gasteiger partial charge in [-0.15, -0.1) is 0 Å². The third kappa shape index (κ3) is 4.28. The molecule has 0 radical (unpaired) electrons. The number of anilines is 2. The van der Waals surface area contributed by atoms with Gasteiger partial charge in [0.15, 0.2) is 0 Å². The third-order valence-electron chi connectivity index (χ3n) is 4.55. The first-order chi connectivity index (χ1) is 12.2. The monoisotopic (exact) mass is 340 g/mol. The molecule has 1 aliphatic heterocycles. The van der Waals surface area contributed by atoms with Crippen molar-refractivity contribution in [3.8, 4) is 5.75 Å². The summed E-state index contributed by atoms with van der Waals surface area (Å²) in [5, 5.41) is 2.97. The van der Waals surface area contributed by atoms with Crippen molar-refractivity contribution >= 4 is 17.4 Å². The summed E-state index contributed by atoms with van der Waals surface area (Å²) in [7, 11) is 1.62. The largest absolute Gasteiger partial charge is 0.497 e. The number of hydrogen-bond acceptors (Lipinski definition) is 5. The number of pyridine rings is 1. The molecule has 1 aliphatic rings. The van der Waals surface area contributed by atoms with Gasteiger partial charge < -0.3 is 15.0 Å². The van der Waals surface area contributed by atoms with Crippen molar-refractivity contribution in [1.29, 1.82) is 0 Å². The fourth-order valence-electron chi connectivity index (χ4n) is 2.99. The summed E-state index contributed by atoms with van der Waals surface area (Å²) in [6, 6.07) is 13.2. The number of nitrogens with zero attached hydrogens (tertiary/aromatic N) is 3. The number of carbonyl (C=O) groups excluding carboxylic acids is 1. The molecule has 1 atom stereocenters. The fourth-order valence-corrected chi connectivity index (χ4v) is 2.99. The fraction of sp³-hybridized carbons (Fsp3) is 0.368. The van der Waals surface area contributed by atoms with Crippen LogP contribution in [-0.2, 0) is 4.79 Å². The zero-order chi connectivity index (χ0) is 17.6. The third-order valence-corrected chi connectivity index (χ3v) is 4.55. The first-order valence-electron chi connectivity index (χ1n) is 8.52. The lowest BCUT2D eigenvalue weighted by molar-refractivity contribution is -0.120. The van der Waals surface area contributed by atoms with Gasteiger partial charge in [0.2, 0.25) is 5.91 Å². The highest BCUT2D eigenvalue weighted by atomic mass is 16.5. The summed E-state index contributed by atoms with van der Waals surface area (Å²) in [5.74, 6) is 1.73. The Balaban J connectivity index is 1.54. The topological polar surface area (TPSA) is 57.7 Å². The summed E-state index contributed by atoms with van der Waals surface area (Å²) in [5.41, 5.74) is 0.753. The van der Waals surface area contributed by atoms with E-state index in [1.165, 1.54) is 0 Å². The van der Waals surface area contributed by atoms with Gasteiger partial charge in [-0.1, -0.05) is 12.1 Å². The number of hydrogen-bond donors (Lipinski definition) is 1. The second kappa shape index (κ2) is 7.98. The number of aromatic nitrogens is 1. The Morgan fingerprint density at radius 2 is 1.96 bits per heavy atom. The predicted molar refractivity (Wildman–Crippen MR) is 99.1 cm³/mol. The molecule has 2 heterocycles.